The first-order valence-electron chi connectivity index (χ1n) is 14.8. The monoisotopic (exact) mass is 626 g/mol. The van der Waals surface area contributed by atoms with Gasteiger partial charge in [-0.05, 0) is 86.9 Å². The summed E-state index contributed by atoms with van der Waals surface area (Å²) in [6, 6.07) is 9.90. The summed E-state index contributed by atoms with van der Waals surface area (Å²) in [5, 5.41) is 17.4. The van der Waals surface area contributed by atoms with Crippen LogP contribution in [0, 0.1) is 35.3 Å². The zero-order chi connectivity index (χ0) is 32.6. The molecule has 0 spiro atoms. The maximum Gasteiger partial charge on any atom is 0.313 e. The number of benzene rings is 1. The van der Waals surface area contributed by atoms with Crippen molar-refractivity contribution >= 4 is 29.2 Å². The Labute approximate surface area is 263 Å². The molecule has 0 saturated carbocycles. The molecule has 3 aromatic rings. The number of pyridine rings is 1. The molecule has 4 rings (SSSR count). The number of piperidine rings is 1. The molecule has 1 aliphatic rings. The van der Waals surface area contributed by atoms with Crippen LogP contribution in [0.5, 0.6) is 0 Å². The largest absolute Gasteiger partial charge is 0.460 e. The SMILES string of the molecule is Cc1cc(Nc2nc(CC3(C(=O)OC(C)(C)C)CCN(Cc4cccc(Cl)c4F)[C@H](C)C3)cc(C#N)c2F)nn1C(C)(C)C. The molecule has 1 aromatic carbocycles. The number of aromatic nitrogens is 3. The maximum absolute atomic E-state index is 15.4. The van der Waals surface area contributed by atoms with Crippen LogP contribution in [-0.2, 0) is 28.0 Å². The van der Waals surface area contributed by atoms with E-state index in [-0.39, 0.29) is 40.4 Å². The van der Waals surface area contributed by atoms with Gasteiger partial charge in [-0.1, -0.05) is 23.7 Å². The summed E-state index contributed by atoms with van der Waals surface area (Å²) in [7, 11) is 0. The maximum atomic E-state index is 15.4. The molecule has 1 aliphatic heterocycles. The quantitative estimate of drug-likeness (QED) is 0.272. The number of halogens is 3. The van der Waals surface area contributed by atoms with Gasteiger partial charge in [-0.2, -0.15) is 10.4 Å². The van der Waals surface area contributed by atoms with E-state index in [2.05, 4.69) is 20.3 Å². The number of nitrogens with one attached hydrogen (secondary N) is 1. The number of carbonyl (C=O) groups is 1. The van der Waals surface area contributed by atoms with Gasteiger partial charge in [-0.15, -0.1) is 0 Å². The third-order valence-electron chi connectivity index (χ3n) is 7.84. The summed E-state index contributed by atoms with van der Waals surface area (Å²) in [5.41, 5.74) is -0.490. The second kappa shape index (κ2) is 12.4. The van der Waals surface area contributed by atoms with Crippen LogP contribution < -0.4 is 5.32 Å². The van der Waals surface area contributed by atoms with E-state index in [1.54, 1.807) is 18.2 Å². The fourth-order valence-electron chi connectivity index (χ4n) is 5.82. The van der Waals surface area contributed by atoms with Crippen molar-refractivity contribution in [1.82, 2.24) is 19.7 Å². The number of nitriles is 1. The fourth-order valence-corrected chi connectivity index (χ4v) is 6.02. The summed E-state index contributed by atoms with van der Waals surface area (Å²) in [5.74, 6) is -1.38. The van der Waals surface area contributed by atoms with Crippen LogP contribution in [0.2, 0.25) is 5.02 Å². The van der Waals surface area contributed by atoms with Crippen LogP contribution in [-0.4, -0.2) is 43.8 Å². The molecular formula is C33H41ClF2N6O2. The highest BCUT2D eigenvalue weighted by molar-refractivity contribution is 6.30. The third-order valence-corrected chi connectivity index (χ3v) is 8.14. The summed E-state index contributed by atoms with van der Waals surface area (Å²) in [6.45, 7) is 16.2. The third kappa shape index (κ3) is 7.39. The molecule has 236 valence electrons. The summed E-state index contributed by atoms with van der Waals surface area (Å²) in [4.78, 5) is 20.5. The Morgan fingerprint density at radius 1 is 1.20 bits per heavy atom. The van der Waals surface area contributed by atoms with Gasteiger partial charge in [-0.3, -0.25) is 14.4 Å². The Morgan fingerprint density at radius 2 is 1.91 bits per heavy atom. The van der Waals surface area contributed by atoms with E-state index >= 15 is 4.39 Å². The van der Waals surface area contributed by atoms with Crippen LogP contribution in [0.4, 0.5) is 20.4 Å². The van der Waals surface area contributed by atoms with Crippen LogP contribution in [0.25, 0.3) is 0 Å². The zero-order valence-electron chi connectivity index (χ0n) is 26.7. The molecule has 1 unspecified atom stereocenters. The van der Waals surface area contributed by atoms with Crippen molar-refractivity contribution in [2.24, 2.45) is 5.41 Å². The van der Waals surface area contributed by atoms with Crippen molar-refractivity contribution in [3.05, 3.63) is 69.5 Å². The molecule has 8 nitrogen and oxygen atoms in total. The second-order valence-electron chi connectivity index (χ2n) is 13.8. The predicted molar refractivity (Wildman–Crippen MR) is 167 cm³/mol. The smallest absolute Gasteiger partial charge is 0.313 e. The number of ether oxygens (including phenoxy) is 1. The van der Waals surface area contributed by atoms with Crippen LogP contribution in [0.3, 0.4) is 0 Å². The van der Waals surface area contributed by atoms with Gasteiger partial charge < -0.3 is 10.1 Å². The fraction of sp³-hybridized carbons (Fsp3) is 0.515. The van der Waals surface area contributed by atoms with Gasteiger partial charge in [0, 0.05) is 42.0 Å². The van der Waals surface area contributed by atoms with Crippen molar-refractivity contribution < 1.29 is 18.3 Å². The highest BCUT2D eigenvalue weighted by Gasteiger charge is 2.47. The molecule has 0 radical (unpaired) electrons. The van der Waals surface area contributed by atoms with Crippen molar-refractivity contribution in [2.45, 2.75) is 98.4 Å². The number of anilines is 2. The minimum absolute atomic E-state index is 0.0655. The van der Waals surface area contributed by atoms with E-state index in [0.29, 0.717) is 43.0 Å². The van der Waals surface area contributed by atoms with Crippen molar-refractivity contribution in [2.75, 3.05) is 11.9 Å². The Hall–Kier alpha value is -3.55. The van der Waals surface area contributed by atoms with Gasteiger partial charge in [0.15, 0.2) is 17.5 Å². The van der Waals surface area contributed by atoms with Gasteiger partial charge in [0.2, 0.25) is 0 Å². The first-order valence-corrected chi connectivity index (χ1v) is 15.1. The second-order valence-corrected chi connectivity index (χ2v) is 14.2. The lowest BCUT2D eigenvalue weighted by Crippen LogP contribution is -2.51. The van der Waals surface area contributed by atoms with Crippen LogP contribution in [0.1, 0.15) is 83.8 Å². The van der Waals surface area contributed by atoms with Gasteiger partial charge >= 0.3 is 5.97 Å². The van der Waals surface area contributed by atoms with Crippen molar-refractivity contribution in [1.29, 1.82) is 5.26 Å². The lowest BCUT2D eigenvalue weighted by Gasteiger charge is -2.45. The number of likely N-dealkylation sites (tertiary alicyclic amines) is 1. The van der Waals surface area contributed by atoms with E-state index in [1.165, 1.54) is 12.1 Å². The van der Waals surface area contributed by atoms with E-state index in [1.807, 2.05) is 66.1 Å². The molecule has 44 heavy (non-hydrogen) atoms. The minimum atomic E-state index is -1.00. The van der Waals surface area contributed by atoms with Gasteiger partial charge in [0.1, 0.15) is 17.5 Å². The predicted octanol–water partition coefficient (Wildman–Crippen LogP) is 7.44. The van der Waals surface area contributed by atoms with E-state index in [0.717, 1.165) is 5.69 Å². The minimum Gasteiger partial charge on any atom is -0.460 e. The molecule has 0 bridgehead atoms. The topological polar surface area (TPSA) is 96.1 Å². The van der Waals surface area contributed by atoms with Crippen LogP contribution in [0.15, 0.2) is 30.3 Å². The Balaban J connectivity index is 1.67. The highest BCUT2D eigenvalue weighted by Crippen LogP contribution is 2.41. The first-order chi connectivity index (χ1) is 20.4. The number of hydrogen-bond donors (Lipinski definition) is 1. The molecule has 1 saturated heterocycles. The number of hydrogen-bond acceptors (Lipinski definition) is 7. The standard InChI is InChI=1S/C33H41ClF2N6O2/c1-20-14-26(40-42(20)31(3,4)5)39-29-28(36)23(18-37)15-24(38-29)17-33(30(43)44-32(6,7)8)12-13-41(21(2)16-33)19-22-10-9-11-25(34)27(22)35/h9-11,14-15,21H,12-13,16-17,19H2,1-8H3,(H,38,39,40)/t21-,33?/m1/s1. The number of aryl methyl sites for hydroxylation is 1. The number of carbonyl (C=O) groups excluding carboxylic acids is 1. The van der Waals surface area contributed by atoms with Crippen molar-refractivity contribution in [3.8, 4) is 6.07 Å². The Morgan fingerprint density at radius 3 is 2.50 bits per heavy atom. The van der Waals surface area contributed by atoms with E-state index in [9.17, 15) is 14.4 Å². The van der Waals surface area contributed by atoms with Crippen molar-refractivity contribution in [3.63, 3.8) is 0 Å². The molecule has 2 atom stereocenters. The molecule has 11 heteroatoms. The molecule has 3 heterocycles. The van der Waals surface area contributed by atoms with Crippen LogP contribution >= 0.6 is 11.6 Å². The number of nitrogens with zero attached hydrogens (tertiary/aromatic N) is 5. The lowest BCUT2D eigenvalue weighted by atomic mass is 9.72. The van der Waals surface area contributed by atoms with Gasteiger partial charge in [-0.25, -0.2) is 13.8 Å². The molecule has 1 fully saturated rings. The van der Waals surface area contributed by atoms with E-state index in [4.69, 9.17) is 16.3 Å². The summed E-state index contributed by atoms with van der Waals surface area (Å²) < 4.78 is 37.8. The zero-order valence-corrected chi connectivity index (χ0v) is 27.4. The summed E-state index contributed by atoms with van der Waals surface area (Å²) >= 11 is 6.01. The first kappa shape index (κ1) is 33.3. The average molecular weight is 627 g/mol. The Kier molecular flexibility index (Phi) is 9.43. The molecule has 2 aromatic heterocycles. The molecular weight excluding hydrogens is 586 g/mol. The molecule has 0 aliphatic carbocycles. The Bertz CT molecular complexity index is 1590. The highest BCUT2D eigenvalue weighted by atomic mass is 35.5. The average Bonchev–Trinajstić information content (AvgIpc) is 3.29. The summed E-state index contributed by atoms with van der Waals surface area (Å²) in [6.07, 6.45) is 0.918. The number of rotatable bonds is 7. The number of esters is 1. The lowest BCUT2D eigenvalue weighted by molar-refractivity contribution is -0.172. The molecule has 0 amide bonds. The normalized spacial score (nSPS) is 19.5. The van der Waals surface area contributed by atoms with Gasteiger partial charge in [0.25, 0.3) is 0 Å². The van der Waals surface area contributed by atoms with E-state index < -0.39 is 22.7 Å². The molecule has 1 N–H and O–H groups in total. The van der Waals surface area contributed by atoms with Gasteiger partial charge in [0.05, 0.1) is 21.5 Å².